The minimum Gasteiger partial charge on any atom is -0.467 e. The summed E-state index contributed by atoms with van der Waals surface area (Å²) in [7, 11) is 0. The van der Waals surface area contributed by atoms with Gasteiger partial charge in [-0.15, -0.1) is 10.2 Å². The summed E-state index contributed by atoms with van der Waals surface area (Å²) in [5.41, 5.74) is 3.05. The second kappa shape index (κ2) is 7.91. The van der Waals surface area contributed by atoms with E-state index in [-0.39, 0.29) is 5.91 Å². The third-order valence-electron chi connectivity index (χ3n) is 4.33. The Labute approximate surface area is 161 Å². The van der Waals surface area contributed by atoms with Gasteiger partial charge in [-0.25, -0.2) is 4.98 Å². The number of hydrogen-bond donors (Lipinski definition) is 2. The lowest BCUT2D eigenvalue weighted by atomic mass is 10.1. The van der Waals surface area contributed by atoms with Crippen molar-refractivity contribution in [3.05, 3.63) is 66.5 Å². The molecule has 0 saturated heterocycles. The first-order chi connectivity index (χ1) is 13.8. The average molecular weight is 376 g/mol. The molecule has 8 nitrogen and oxygen atoms in total. The minimum absolute atomic E-state index is 0.0726. The van der Waals surface area contributed by atoms with Crippen molar-refractivity contribution in [2.45, 2.75) is 19.9 Å². The fourth-order valence-electron chi connectivity index (χ4n) is 2.87. The van der Waals surface area contributed by atoms with Crippen molar-refractivity contribution >= 4 is 17.5 Å². The van der Waals surface area contributed by atoms with Crippen LogP contribution in [0.25, 0.3) is 16.8 Å². The molecule has 0 atom stereocenters. The van der Waals surface area contributed by atoms with Gasteiger partial charge < -0.3 is 15.1 Å². The first kappa shape index (κ1) is 17.7. The van der Waals surface area contributed by atoms with Gasteiger partial charge in [0.2, 0.25) is 5.95 Å². The smallest absolute Gasteiger partial charge is 0.251 e. The zero-order chi connectivity index (χ0) is 19.3. The zero-order valence-corrected chi connectivity index (χ0v) is 15.4. The van der Waals surface area contributed by atoms with E-state index in [1.165, 1.54) is 0 Å². The van der Waals surface area contributed by atoms with Gasteiger partial charge in [0.05, 0.1) is 12.8 Å². The predicted octanol–water partition coefficient (Wildman–Crippen LogP) is 3.14. The lowest BCUT2D eigenvalue weighted by Gasteiger charge is -2.09. The van der Waals surface area contributed by atoms with Gasteiger partial charge in [0.25, 0.3) is 5.91 Å². The summed E-state index contributed by atoms with van der Waals surface area (Å²) < 4.78 is 7.13. The highest BCUT2D eigenvalue weighted by Crippen LogP contribution is 2.25. The maximum Gasteiger partial charge on any atom is 0.251 e. The summed E-state index contributed by atoms with van der Waals surface area (Å²) >= 11 is 0. The minimum atomic E-state index is -0.0726. The highest BCUT2D eigenvalue weighted by molar-refractivity contribution is 5.94. The van der Waals surface area contributed by atoms with Crippen LogP contribution < -0.4 is 10.6 Å². The average Bonchev–Trinajstić information content (AvgIpc) is 3.42. The van der Waals surface area contributed by atoms with E-state index in [4.69, 9.17) is 4.42 Å². The normalized spacial score (nSPS) is 10.9. The maximum absolute atomic E-state index is 12.1. The first-order valence-electron chi connectivity index (χ1n) is 9.10. The maximum atomic E-state index is 12.1. The number of furan rings is 1. The van der Waals surface area contributed by atoms with Crippen LogP contribution in [0.4, 0.5) is 5.95 Å². The van der Waals surface area contributed by atoms with Crippen molar-refractivity contribution in [2.24, 2.45) is 0 Å². The molecule has 1 amide bonds. The highest BCUT2D eigenvalue weighted by Gasteiger charge is 2.12. The van der Waals surface area contributed by atoms with E-state index >= 15 is 0 Å². The molecule has 3 aromatic heterocycles. The Kier molecular flexibility index (Phi) is 5.01. The van der Waals surface area contributed by atoms with Crippen LogP contribution in [0.1, 0.15) is 29.5 Å². The van der Waals surface area contributed by atoms with Gasteiger partial charge in [-0.1, -0.05) is 19.1 Å². The Bertz CT molecular complexity index is 1070. The molecule has 2 N–H and O–H groups in total. The summed E-state index contributed by atoms with van der Waals surface area (Å²) in [5.74, 6) is 1.36. The van der Waals surface area contributed by atoms with Crippen LogP contribution in [0, 0.1) is 0 Å². The number of aromatic nitrogens is 4. The Morgan fingerprint density at radius 2 is 2.07 bits per heavy atom. The molecule has 4 rings (SSSR count). The number of amides is 1. The molecule has 0 aliphatic heterocycles. The third-order valence-corrected chi connectivity index (χ3v) is 4.33. The summed E-state index contributed by atoms with van der Waals surface area (Å²) in [5, 5.41) is 14.3. The second-order valence-electron chi connectivity index (χ2n) is 6.29. The molecular formula is C20H20N6O2. The topological polar surface area (TPSA) is 97.3 Å². The number of carbonyl (C=O) groups is 1. The standard InChI is InChI=1S/C20H20N6O2/c1-2-9-21-19(27)15-7-5-14(6-8-15)17-12-23-20(26-13-24-25-18(17)26)22-11-16-4-3-10-28-16/h3-8,10,12-13H,2,9,11H2,1H3,(H,21,27)(H,22,23). The number of fused-ring (bicyclic) bond motifs is 1. The number of benzene rings is 1. The molecule has 0 saturated carbocycles. The monoisotopic (exact) mass is 376 g/mol. The van der Waals surface area contributed by atoms with Crippen molar-refractivity contribution in [1.29, 1.82) is 0 Å². The molecule has 8 heteroatoms. The van der Waals surface area contributed by atoms with Crippen LogP contribution in [0.2, 0.25) is 0 Å². The van der Waals surface area contributed by atoms with E-state index in [0.717, 1.165) is 23.3 Å². The lowest BCUT2D eigenvalue weighted by molar-refractivity contribution is 0.0953. The summed E-state index contributed by atoms with van der Waals surface area (Å²) in [6, 6.07) is 11.1. The quantitative estimate of drug-likeness (QED) is 0.514. The third kappa shape index (κ3) is 3.57. The van der Waals surface area contributed by atoms with E-state index in [2.05, 4.69) is 25.8 Å². The van der Waals surface area contributed by atoms with Crippen LogP contribution in [0.15, 0.2) is 59.6 Å². The molecule has 28 heavy (non-hydrogen) atoms. The Morgan fingerprint density at radius 3 is 2.82 bits per heavy atom. The summed E-state index contributed by atoms with van der Waals surface area (Å²) in [6.45, 7) is 3.19. The van der Waals surface area contributed by atoms with Crippen LogP contribution in [0.5, 0.6) is 0 Å². The largest absolute Gasteiger partial charge is 0.467 e. The van der Waals surface area contributed by atoms with Crippen LogP contribution in [-0.4, -0.2) is 32.0 Å². The Morgan fingerprint density at radius 1 is 1.21 bits per heavy atom. The predicted molar refractivity (Wildman–Crippen MR) is 105 cm³/mol. The number of nitrogens with one attached hydrogen (secondary N) is 2. The van der Waals surface area contributed by atoms with Crippen LogP contribution >= 0.6 is 0 Å². The van der Waals surface area contributed by atoms with Crippen molar-refractivity contribution in [2.75, 3.05) is 11.9 Å². The second-order valence-corrected chi connectivity index (χ2v) is 6.29. The molecule has 0 aliphatic carbocycles. The van der Waals surface area contributed by atoms with Gasteiger partial charge in [-0.05, 0) is 36.2 Å². The molecule has 1 aromatic carbocycles. The van der Waals surface area contributed by atoms with Crippen molar-refractivity contribution in [1.82, 2.24) is 24.9 Å². The molecular weight excluding hydrogens is 356 g/mol. The molecule has 0 unspecified atom stereocenters. The van der Waals surface area contributed by atoms with Gasteiger partial charge >= 0.3 is 0 Å². The summed E-state index contributed by atoms with van der Waals surface area (Å²) in [6.07, 6.45) is 5.90. The van der Waals surface area contributed by atoms with E-state index in [1.54, 1.807) is 35.3 Å². The number of nitrogens with zero attached hydrogens (tertiary/aromatic N) is 4. The van der Waals surface area contributed by atoms with Crippen LogP contribution in [0.3, 0.4) is 0 Å². The van der Waals surface area contributed by atoms with Gasteiger partial charge in [0, 0.05) is 23.9 Å². The highest BCUT2D eigenvalue weighted by atomic mass is 16.3. The number of rotatable bonds is 7. The molecule has 0 bridgehead atoms. The Hall–Kier alpha value is -3.68. The van der Waals surface area contributed by atoms with E-state index in [1.807, 2.05) is 31.2 Å². The van der Waals surface area contributed by atoms with Gasteiger partial charge in [-0.2, -0.15) is 0 Å². The Balaban J connectivity index is 1.58. The van der Waals surface area contributed by atoms with Crippen molar-refractivity contribution in [3.8, 4) is 11.1 Å². The van der Waals surface area contributed by atoms with Gasteiger partial charge in [0.1, 0.15) is 12.1 Å². The molecule has 0 radical (unpaired) electrons. The van der Waals surface area contributed by atoms with Crippen LogP contribution in [-0.2, 0) is 6.54 Å². The number of anilines is 1. The zero-order valence-electron chi connectivity index (χ0n) is 15.4. The first-order valence-corrected chi connectivity index (χ1v) is 9.10. The van der Waals surface area contributed by atoms with Gasteiger partial charge in [-0.3, -0.25) is 9.20 Å². The van der Waals surface area contributed by atoms with Crippen molar-refractivity contribution < 1.29 is 9.21 Å². The molecule has 0 spiro atoms. The SMILES string of the molecule is CCCNC(=O)c1ccc(-c2cnc(NCc3ccco3)n3cnnc23)cc1. The summed E-state index contributed by atoms with van der Waals surface area (Å²) in [4.78, 5) is 16.6. The number of hydrogen-bond acceptors (Lipinski definition) is 6. The van der Waals surface area contributed by atoms with E-state index in [0.29, 0.717) is 30.2 Å². The molecule has 3 heterocycles. The molecule has 0 fully saturated rings. The molecule has 142 valence electrons. The fraction of sp³-hybridized carbons (Fsp3) is 0.200. The lowest BCUT2D eigenvalue weighted by Crippen LogP contribution is -2.23. The fourth-order valence-corrected chi connectivity index (χ4v) is 2.87. The van der Waals surface area contributed by atoms with E-state index in [9.17, 15) is 4.79 Å². The van der Waals surface area contributed by atoms with Crippen molar-refractivity contribution in [3.63, 3.8) is 0 Å². The molecule has 4 aromatic rings. The molecule has 0 aliphatic rings. The van der Waals surface area contributed by atoms with E-state index < -0.39 is 0 Å². The number of carbonyl (C=O) groups excluding carboxylic acids is 1. The van der Waals surface area contributed by atoms with Gasteiger partial charge in [0.15, 0.2) is 5.65 Å².